The van der Waals surface area contributed by atoms with Gasteiger partial charge in [0.15, 0.2) is 5.41 Å². The fraction of sp³-hybridized carbons (Fsp3) is 0.222. The second-order valence-electron chi connectivity index (χ2n) is 5.59. The SMILES string of the molecule is N#CC1(C#N)c2ccccc2N2CCc3ccccc3C21. The number of para-hydroxylation sites is 1. The fourth-order valence-electron chi connectivity index (χ4n) is 3.77. The van der Waals surface area contributed by atoms with E-state index < -0.39 is 5.41 Å². The molecule has 0 aromatic heterocycles. The van der Waals surface area contributed by atoms with Gasteiger partial charge in [0.05, 0.1) is 18.2 Å². The van der Waals surface area contributed by atoms with Crippen molar-refractivity contribution in [3.63, 3.8) is 0 Å². The number of rotatable bonds is 0. The van der Waals surface area contributed by atoms with E-state index in [1.54, 1.807) is 0 Å². The van der Waals surface area contributed by atoms with Crippen molar-refractivity contribution in [2.24, 2.45) is 0 Å². The van der Waals surface area contributed by atoms with Crippen LogP contribution in [0.2, 0.25) is 0 Å². The third-order valence-electron chi connectivity index (χ3n) is 4.68. The number of fused-ring (bicyclic) bond motifs is 5. The minimum Gasteiger partial charge on any atom is -0.361 e. The van der Waals surface area contributed by atoms with Gasteiger partial charge in [-0.25, -0.2) is 0 Å². The predicted octanol–water partition coefficient (Wildman–Crippen LogP) is 3.09. The molecule has 0 spiro atoms. The van der Waals surface area contributed by atoms with Gasteiger partial charge < -0.3 is 4.90 Å². The van der Waals surface area contributed by atoms with E-state index >= 15 is 0 Å². The standard InChI is InChI=1S/C18H13N3/c19-11-18(12-20)15-7-3-4-8-16(15)21-10-9-13-5-1-2-6-14(13)17(18)21/h1-8,17H,9-10H2. The molecule has 2 aliphatic rings. The maximum atomic E-state index is 9.83. The van der Waals surface area contributed by atoms with Gasteiger partial charge in [-0.1, -0.05) is 42.5 Å². The average molecular weight is 271 g/mol. The number of benzene rings is 2. The molecule has 2 aliphatic heterocycles. The van der Waals surface area contributed by atoms with E-state index in [9.17, 15) is 10.5 Å². The van der Waals surface area contributed by atoms with Crippen LogP contribution in [0.5, 0.6) is 0 Å². The summed E-state index contributed by atoms with van der Waals surface area (Å²) in [5.74, 6) is 0. The zero-order valence-corrected chi connectivity index (χ0v) is 11.5. The zero-order valence-electron chi connectivity index (χ0n) is 11.5. The van der Waals surface area contributed by atoms with Crippen molar-refractivity contribution in [2.45, 2.75) is 17.9 Å². The molecule has 3 heteroatoms. The summed E-state index contributed by atoms with van der Waals surface area (Å²) in [4.78, 5) is 2.23. The highest BCUT2D eigenvalue weighted by Crippen LogP contribution is 2.54. The van der Waals surface area contributed by atoms with E-state index in [4.69, 9.17) is 0 Å². The van der Waals surface area contributed by atoms with Crippen LogP contribution >= 0.6 is 0 Å². The van der Waals surface area contributed by atoms with Gasteiger partial charge >= 0.3 is 0 Å². The molecule has 0 bridgehead atoms. The van der Waals surface area contributed by atoms with Crippen molar-refractivity contribution in [1.82, 2.24) is 0 Å². The van der Waals surface area contributed by atoms with Crippen LogP contribution in [-0.2, 0) is 11.8 Å². The summed E-state index contributed by atoms with van der Waals surface area (Å²) in [5, 5.41) is 19.7. The minimum absolute atomic E-state index is 0.199. The molecule has 0 amide bonds. The van der Waals surface area contributed by atoms with Gasteiger partial charge in [0.2, 0.25) is 0 Å². The van der Waals surface area contributed by atoms with Gasteiger partial charge in [-0.15, -0.1) is 0 Å². The largest absolute Gasteiger partial charge is 0.361 e. The molecule has 100 valence electrons. The lowest BCUT2D eigenvalue weighted by molar-refractivity contribution is 0.515. The lowest BCUT2D eigenvalue weighted by Crippen LogP contribution is -2.40. The van der Waals surface area contributed by atoms with E-state index in [0.29, 0.717) is 0 Å². The molecular formula is C18H13N3. The molecule has 0 fully saturated rings. The highest BCUT2D eigenvalue weighted by molar-refractivity contribution is 5.72. The Hall–Kier alpha value is -2.78. The van der Waals surface area contributed by atoms with Crippen LogP contribution in [0, 0.1) is 22.7 Å². The molecule has 21 heavy (non-hydrogen) atoms. The minimum atomic E-state index is -1.12. The normalized spacial score (nSPS) is 20.7. The van der Waals surface area contributed by atoms with Crippen LogP contribution in [0.15, 0.2) is 48.5 Å². The first-order valence-electron chi connectivity index (χ1n) is 7.08. The Kier molecular flexibility index (Phi) is 2.35. The highest BCUT2D eigenvalue weighted by Gasteiger charge is 2.54. The molecule has 1 unspecified atom stereocenters. The lowest BCUT2D eigenvalue weighted by atomic mass is 9.74. The molecule has 3 nitrogen and oxygen atoms in total. The predicted molar refractivity (Wildman–Crippen MR) is 79.6 cm³/mol. The average Bonchev–Trinajstić information content (AvgIpc) is 2.86. The number of hydrogen-bond acceptors (Lipinski definition) is 3. The van der Waals surface area contributed by atoms with E-state index in [0.717, 1.165) is 29.8 Å². The number of nitrogens with zero attached hydrogens (tertiary/aromatic N) is 3. The summed E-state index contributed by atoms with van der Waals surface area (Å²) in [7, 11) is 0. The highest BCUT2D eigenvalue weighted by atomic mass is 15.2. The van der Waals surface area contributed by atoms with Crippen LogP contribution in [0.3, 0.4) is 0 Å². The zero-order chi connectivity index (χ0) is 14.4. The van der Waals surface area contributed by atoms with Gasteiger partial charge in [-0.05, 0) is 23.6 Å². The Morgan fingerprint density at radius 2 is 1.71 bits per heavy atom. The van der Waals surface area contributed by atoms with E-state index in [2.05, 4.69) is 29.2 Å². The van der Waals surface area contributed by atoms with Crippen LogP contribution in [-0.4, -0.2) is 6.54 Å². The summed E-state index contributed by atoms with van der Waals surface area (Å²) in [5.41, 5.74) is 3.12. The summed E-state index contributed by atoms with van der Waals surface area (Å²) < 4.78 is 0. The lowest BCUT2D eigenvalue weighted by Gasteiger charge is -2.37. The van der Waals surface area contributed by atoms with E-state index in [1.807, 2.05) is 36.4 Å². The second-order valence-corrected chi connectivity index (χ2v) is 5.59. The van der Waals surface area contributed by atoms with Crippen molar-refractivity contribution >= 4 is 5.69 Å². The van der Waals surface area contributed by atoms with Crippen molar-refractivity contribution < 1.29 is 0 Å². The number of anilines is 1. The van der Waals surface area contributed by atoms with Crippen molar-refractivity contribution in [1.29, 1.82) is 10.5 Å². The summed E-state index contributed by atoms with van der Waals surface area (Å²) in [6.07, 6.45) is 0.952. The maximum absolute atomic E-state index is 9.83. The van der Waals surface area contributed by atoms with Crippen LogP contribution in [0.1, 0.15) is 22.7 Å². The molecule has 0 saturated heterocycles. The molecule has 2 aromatic carbocycles. The molecule has 0 aliphatic carbocycles. The fourth-order valence-corrected chi connectivity index (χ4v) is 3.77. The summed E-state index contributed by atoms with van der Waals surface area (Å²) in [6, 6.07) is 20.4. The third-order valence-corrected chi connectivity index (χ3v) is 4.68. The Balaban J connectivity index is 2.04. The molecular weight excluding hydrogens is 258 g/mol. The van der Waals surface area contributed by atoms with Gasteiger partial charge in [-0.3, -0.25) is 0 Å². The van der Waals surface area contributed by atoms with Crippen LogP contribution in [0.4, 0.5) is 5.69 Å². The quantitative estimate of drug-likeness (QED) is 0.740. The Morgan fingerprint density at radius 1 is 1.00 bits per heavy atom. The summed E-state index contributed by atoms with van der Waals surface area (Å²) in [6.45, 7) is 0.851. The van der Waals surface area contributed by atoms with Crippen LogP contribution in [0.25, 0.3) is 0 Å². The van der Waals surface area contributed by atoms with Crippen molar-refractivity contribution in [3.8, 4) is 12.1 Å². The molecule has 0 saturated carbocycles. The first-order valence-corrected chi connectivity index (χ1v) is 7.08. The van der Waals surface area contributed by atoms with E-state index in [1.165, 1.54) is 5.56 Å². The number of nitriles is 2. The molecule has 2 heterocycles. The smallest absolute Gasteiger partial charge is 0.194 e. The molecule has 4 rings (SSSR count). The van der Waals surface area contributed by atoms with Crippen molar-refractivity contribution in [3.05, 3.63) is 65.2 Å². The van der Waals surface area contributed by atoms with Gasteiger partial charge in [0.1, 0.15) is 0 Å². The van der Waals surface area contributed by atoms with E-state index in [-0.39, 0.29) is 6.04 Å². The monoisotopic (exact) mass is 271 g/mol. The Morgan fingerprint density at radius 3 is 2.52 bits per heavy atom. The topological polar surface area (TPSA) is 50.8 Å². The first kappa shape index (κ1) is 12.0. The molecule has 0 radical (unpaired) electrons. The second kappa shape index (κ2) is 4.11. The van der Waals surface area contributed by atoms with Gasteiger partial charge in [-0.2, -0.15) is 10.5 Å². The van der Waals surface area contributed by atoms with Gasteiger partial charge in [0, 0.05) is 17.8 Å². The Bertz CT molecular complexity index is 796. The molecule has 1 atom stereocenters. The van der Waals surface area contributed by atoms with Crippen molar-refractivity contribution in [2.75, 3.05) is 11.4 Å². The number of hydrogen-bond donors (Lipinski definition) is 0. The molecule has 0 N–H and O–H groups in total. The maximum Gasteiger partial charge on any atom is 0.194 e. The summed E-state index contributed by atoms with van der Waals surface area (Å²) >= 11 is 0. The van der Waals surface area contributed by atoms with Crippen LogP contribution < -0.4 is 4.90 Å². The Labute approximate surface area is 123 Å². The third kappa shape index (κ3) is 1.36. The van der Waals surface area contributed by atoms with Gasteiger partial charge in [0.25, 0.3) is 0 Å². The molecule has 2 aromatic rings. The first-order chi connectivity index (χ1) is 10.3.